The Kier molecular flexibility index (Phi) is 19.3. The maximum absolute atomic E-state index is 11.5. The largest absolute Gasteiger partial charge is 0.488 e. The van der Waals surface area contributed by atoms with E-state index in [1.54, 1.807) is 89.4 Å². The number of aromatic nitrogens is 2. The molecule has 2 heterocycles. The molecule has 0 fully saturated rings. The van der Waals surface area contributed by atoms with Gasteiger partial charge in [0.1, 0.15) is 49.4 Å². The number of pyridine rings is 2. The zero-order valence-corrected chi connectivity index (χ0v) is 41.6. The van der Waals surface area contributed by atoms with Crippen LogP contribution in [0.15, 0.2) is 108 Å². The number of nitrogens with zero attached hydrogens (tertiary/aromatic N) is 4. The first kappa shape index (κ1) is 52.5. The third kappa shape index (κ3) is 14.6. The van der Waals surface area contributed by atoms with E-state index in [2.05, 4.69) is 56.6 Å². The van der Waals surface area contributed by atoms with Crippen molar-refractivity contribution in [3.63, 3.8) is 0 Å². The number of rotatable bonds is 25. The predicted molar refractivity (Wildman–Crippen MR) is 274 cm³/mol. The predicted octanol–water partition coefficient (Wildman–Crippen LogP) is 10.1. The van der Waals surface area contributed by atoms with Crippen LogP contribution in [0.25, 0.3) is 11.1 Å². The summed E-state index contributed by atoms with van der Waals surface area (Å²) in [6.07, 6.45) is 10.3. The standard InChI is InChI=1S/C54H58Cl2N6O8/c1-33(53(63)64)19-59-27-43-15-47(55)51(17-49(43)67-29-39-13-37(21-57-5)23-61-25-39)69-31-41-9-7-11-45(35(41)3)46-12-8-10-42(36(46)4)32-70-52-18-50(68-30-40-14-38(22-58-6)24-62-26-40)44(16-48(52)56)28-60-20-34(2)54(65)66/h7-18,21-26,33-34,59-60H,19-20,27-32H2,1-6H3,(H,63,64)(H,65,66)/t33-,34-/m0/s1. The van der Waals surface area contributed by atoms with Crippen LogP contribution in [0.3, 0.4) is 0 Å². The van der Waals surface area contributed by atoms with Gasteiger partial charge in [0.15, 0.2) is 0 Å². The van der Waals surface area contributed by atoms with Crippen LogP contribution in [-0.4, -0.2) is 71.7 Å². The minimum Gasteiger partial charge on any atom is -0.488 e. The molecule has 0 amide bonds. The lowest BCUT2D eigenvalue weighted by Gasteiger charge is -2.19. The third-order valence-electron chi connectivity index (χ3n) is 11.5. The van der Waals surface area contributed by atoms with Crippen LogP contribution < -0.4 is 29.6 Å². The Hall–Kier alpha value is -6.84. The quantitative estimate of drug-likeness (QED) is 0.0399. The summed E-state index contributed by atoms with van der Waals surface area (Å²) in [5.74, 6) is -0.999. The fraction of sp³-hybridized carbons (Fsp3) is 0.296. The Bertz CT molecular complexity index is 2650. The van der Waals surface area contributed by atoms with Gasteiger partial charge in [-0.3, -0.25) is 29.5 Å². The first-order valence-electron chi connectivity index (χ1n) is 22.7. The Morgan fingerprint density at radius 2 is 0.986 bits per heavy atom. The van der Waals surface area contributed by atoms with E-state index in [9.17, 15) is 19.8 Å². The van der Waals surface area contributed by atoms with Crippen molar-refractivity contribution in [3.8, 4) is 34.1 Å². The molecule has 0 unspecified atom stereocenters. The van der Waals surface area contributed by atoms with Gasteiger partial charge in [-0.15, -0.1) is 0 Å². The SMILES string of the molecule is CN=Cc1cncc(COc2cc(OCc3cccc(-c4cccc(COc5cc(OCc6cncc(C=NC)c6)c(CNC[C@H](C)C(=O)O)cc5Cl)c4C)c3C)c(Cl)cc2CNC[C@H](C)C(=O)O)c1. The van der Waals surface area contributed by atoms with Gasteiger partial charge in [0.25, 0.3) is 0 Å². The summed E-state index contributed by atoms with van der Waals surface area (Å²) in [4.78, 5) is 39.7. The Balaban J connectivity index is 1.19. The van der Waals surface area contributed by atoms with Gasteiger partial charge < -0.3 is 39.8 Å². The van der Waals surface area contributed by atoms with Gasteiger partial charge in [-0.25, -0.2) is 0 Å². The Morgan fingerprint density at radius 1 is 0.586 bits per heavy atom. The lowest BCUT2D eigenvalue weighted by molar-refractivity contribution is -0.141. The molecule has 0 saturated carbocycles. The van der Waals surface area contributed by atoms with Gasteiger partial charge >= 0.3 is 11.9 Å². The summed E-state index contributed by atoms with van der Waals surface area (Å²) in [6, 6.07) is 23.2. The van der Waals surface area contributed by atoms with Crippen molar-refractivity contribution in [2.24, 2.45) is 21.8 Å². The smallest absolute Gasteiger partial charge is 0.307 e. The molecule has 6 rings (SSSR count). The molecule has 366 valence electrons. The van der Waals surface area contributed by atoms with Gasteiger partial charge in [0.05, 0.1) is 21.9 Å². The highest BCUT2D eigenvalue weighted by molar-refractivity contribution is 6.32. The van der Waals surface area contributed by atoms with Crippen molar-refractivity contribution in [1.29, 1.82) is 0 Å². The van der Waals surface area contributed by atoms with Crippen LogP contribution in [0.1, 0.15) is 69.5 Å². The van der Waals surface area contributed by atoms with E-state index in [1.807, 2.05) is 36.4 Å². The molecular formula is C54H58Cl2N6O8. The molecule has 4 aromatic carbocycles. The van der Waals surface area contributed by atoms with E-state index in [0.717, 1.165) is 66.8 Å². The summed E-state index contributed by atoms with van der Waals surface area (Å²) in [5, 5.41) is 26.0. The zero-order chi connectivity index (χ0) is 50.2. The van der Waals surface area contributed by atoms with Gasteiger partial charge in [-0.2, -0.15) is 0 Å². The number of aliphatic imine (C=N–C) groups is 2. The molecular weight excluding hydrogens is 932 g/mol. The number of carboxylic acid groups (broad SMARTS) is 2. The average Bonchev–Trinajstić information content (AvgIpc) is 3.34. The van der Waals surface area contributed by atoms with Crippen molar-refractivity contribution in [3.05, 3.63) is 163 Å². The van der Waals surface area contributed by atoms with Gasteiger partial charge in [0.2, 0.25) is 0 Å². The van der Waals surface area contributed by atoms with E-state index in [1.165, 1.54) is 0 Å². The highest BCUT2D eigenvalue weighted by atomic mass is 35.5. The van der Waals surface area contributed by atoms with Crippen LogP contribution in [0, 0.1) is 25.7 Å². The lowest BCUT2D eigenvalue weighted by atomic mass is 9.92. The Labute approximate surface area is 418 Å². The minimum atomic E-state index is -0.887. The second kappa shape index (κ2) is 25.7. The second-order valence-corrected chi connectivity index (χ2v) is 17.7. The van der Waals surface area contributed by atoms with Crippen molar-refractivity contribution in [2.45, 2.75) is 67.2 Å². The van der Waals surface area contributed by atoms with Crippen LogP contribution in [0.2, 0.25) is 10.0 Å². The number of halogens is 2. The molecule has 0 radical (unpaired) electrons. The fourth-order valence-electron chi connectivity index (χ4n) is 7.45. The second-order valence-electron chi connectivity index (χ2n) is 16.9. The van der Waals surface area contributed by atoms with Crippen LogP contribution >= 0.6 is 23.2 Å². The molecule has 70 heavy (non-hydrogen) atoms. The zero-order valence-electron chi connectivity index (χ0n) is 40.1. The number of aliphatic carboxylic acids is 2. The average molecular weight is 990 g/mol. The van der Waals surface area contributed by atoms with Crippen molar-refractivity contribution in [2.75, 3.05) is 27.2 Å². The highest BCUT2D eigenvalue weighted by Gasteiger charge is 2.19. The maximum Gasteiger partial charge on any atom is 0.307 e. The van der Waals surface area contributed by atoms with E-state index in [4.69, 9.17) is 42.1 Å². The summed E-state index contributed by atoms with van der Waals surface area (Å²) in [5.41, 5.74) is 10.9. The molecule has 0 bridgehead atoms. The summed E-state index contributed by atoms with van der Waals surface area (Å²) >= 11 is 13.7. The van der Waals surface area contributed by atoms with Crippen LogP contribution in [0.4, 0.5) is 0 Å². The molecule has 14 nitrogen and oxygen atoms in total. The molecule has 0 aliphatic rings. The minimum absolute atomic E-state index is 0.218. The molecule has 16 heteroatoms. The number of hydrogen-bond acceptors (Lipinski definition) is 12. The third-order valence-corrected chi connectivity index (χ3v) is 12.1. The normalized spacial score (nSPS) is 12.3. The lowest BCUT2D eigenvalue weighted by Crippen LogP contribution is -2.26. The number of carbonyl (C=O) groups is 2. The Morgan fingerprint density at radius 3 is 1.37 bits per heavy atom. The molecule has 0 aliphatic carbocycles. The summed E-state index contributed by atoms with van der Waals surface area (Å²) in [7, 11) is 3.40. The summed E-state index contributed by atoms with van der Waals surface area (Å²) in [6.45, 7) is 9.47. The fourth-order valence-corrected chi connectivity index (χ4v) is 7.93. The monoisotopic (exact) mass is 988 g/mol. The molecule has 2 atom stereocenters. The number of benzene rings is 4. The number of hydrogen-bond donors (Lipinski definition) is 4. The first-order valence-corrected chi connectivity index (χ1v) is 23.4. The van der Waals surface area contributed by atoms with E-state index >= 15 is 0 Å². The highest BCUT2D eigenvalue weighted by Crippen LogP contribution is 2.37. The molecule has 0 aliphatic heterocycles. The van der Waals surface area contributed by atoms with Gasteiger partial charge in [-0.1, -0.05) is 73.4 Å². The number of ether oxygens (including phenoxy) is 4. The summed E-state index contributed by atoms with van der Waals surface area (Å²) < 4.78 is 25.5. The first-order chi connectivity index (χ1) is 33.7. The molecule has 0 spiro atoms. The van der Waals surface area contributed by atoms with E-state index in [0.29, 0.717) is 46.1 Å². The number of carboxylic acids is 2. The van der Waals surface area contributed by atoms with Gasteiger partial charge in [0, 0.05) is 123 Å². The van der Waals surface area contributed by atoms with E-state index < -0.39 is 23.8 Å². The van der Waals surface area contributed by atoms with Crippen LogP contribution in [0.5, 0.6) is 23.0 Å². The van der Waals surface area contributed by atoms with Crippen molar-refractivity contribution in [1.82, 2.24) is 20.6 Å². The van der Waals surface area contributed by atoms with Crippen molar-refractivity contribution < 1.29 is 38.7 Å². The van der Waals surface area contributed by atoms with Gasteiger partial charge in [-0.05, 0) is 71.5 Å². The molecule has 4 N–H and O–H groups in total. The van der Waals surface area contributed by atoms with E-state index in [-0.39, 0.29) is 39.5 Å². The van der Waals surface area contributed by atoms with Crippen LogP contribution in [-0.2, 0) is 49.1 Å². The number of nitrogens with one attached hydrogen (secondary N) is 2. The van der Waals surface area contributed by atoms with Crippen molar-refractivity contribution >= 4 is 47.6 Å². The maximum atomic E-state index is 11.5. The molecule has 2 aromatic heterocycles. The molecule has 0 saturated heterocycles. The molecule has 6 aromatic rings. The topological polar surface area (TPSA) is 186 Å².